The molecule has 2 aliphatic rings. The summed E-state index contributed by atoms with van der Waals surface area (Å²) in [5.74, 6) is 3.41. The molecule has 0 amide bonds. The lowest BCUT2D eigenvalue weighted by molar-refractivity contribution is 0.110. The summed E-state index contributed by atoms with van der Waals surface area (Å²) in [5.41, 5.74) is 0. The van der Waals surface area contributed by atoms with E-state index in [1.54, 1.807) is 0 Å². The second-order valence-electron chi connectivity index (χ2n) is 3.79. The van der Waals surface area contributed by atoms with E-state index in [2.05, 4.69) is 16.1 Å². The molecule has 0 aliphatic carbocycles. The lowest BCUT2D eigenvalue weighted by atomic mass is 9.96. The van der Waals surface area contributed by atoms with Gasteiger partial charge in [0.2, 0.25) is 0 Å². The molecule has 0 aromatic rings. The number of likely N-dealkylation sites (tertiary alicyclic amines) is 1. The number of piperidine rings is 1. The molecular weight excluding hydrogens is 148 g/mol. The highest BCUT2D eigenvalue weighted by molar-refractivity contribution is 4.97. The summed E-state index contributed by atoms with van der Waals surface area (Å²) in [7, 11) is 0. The van der Waals surface area contributed by atoms with Gasteiger partial charge >= 0.3 is 0 Å². The molecule has 2 heterocycles. The minimum atomic E-state index is 0.550. The third-order valence-electron chi connectivity index (χ3n) is 3.04. The van der Waals surface area contributed by atoms with Crippen molar-refractivity contribution in [2.24, 2.45) is 5.92 Å². The monoisotopic (exact) mass is 164 g/mol. The minimum Gasteiger partial charge on any atom is -0.314 e. The summed E-state index contributed by atoms with van der Waals surface area (Å²) in [5, 5.41) is 3.30. The second-order valence-corrected chi connectivity index (χ2v) is 3.79. The summed E-state index contributed by atoms with van der Waals surface area (Å²) in [4.78, 5) is 2.57. The Balaban J connectivity index is 1.78. The molecule has 0 atom stereocenters. The first-order chi connectivity index (χ1) is 5.90. The first-order valence-corrected chi connectivity index (χ1v) is 4.81. The molecule has 0 unspecified atom stereocenters. The third kappa shape index (κ3) is 1.48. The van der Waals surface area contributed by atoms with Gasteiger partial charge in [0.1, 0.15) is 0 Å². The zero-order valence-electron chi connectivity index (χ0n) is 7.42. The molecule has 66 valence electrons. The summed E-state index contributed by atoms with van der Waals surface area (Å²) in [6.07, 6.45) is 7.79. The van der Waals surface area contributed by atoms with E-state index >= 15 is 0 Å². The number of nitrogens with zero attached hydrogens (tertiary/aromatic N) is 1. The Bertz CT molecular complexity index is 183. The van der Waals surface area contributed by atoms with Gasteiger partial charge < -0.3 is 5.32 Å². The lowest BCUT2D eigenvalue weighted by Crippen LogP contribution is -2.58. The molecule has 2 aliphatic heterocycles. The Kier molecular flexibility index (Phi) is 2.34. The van der Waals surface area contributed by atoms with E-state index in [1.165, 1.54) is 39.0 Å². The predicted molar refractivity (Wildman–Crippen MR) is 49.8 cm³/mol. The van der Waals surface area contributed by atoms with Gasteiger partial charge in [-0.2, -0.15) is 0 Å². The fourth-order valence-electron chi connectivity index (χ4n) is 1.96. The molecular formula is C10H16N2. The molecule has 0 aromatic heterocycles. The van der Waals surface area contributed by atoms with E-state index < -0.39 is 0 Å². The van der Waals surface area contributed by atoms with Gasteiger partial charge in [-0.15, -0.1) is 12.3 Å². The van der Waals surface area contributed by atoms with Crippen LogP contribution in [0.1, 0.15) is 12.8 Å². The topological polar surface area (TPSA) is 15.3 Å². The SMILES string of the molecule is C#CC1CCN(C2CNC2)CC1. The summed E-state index contributed by atoms with van der Waals surface area (Å²) in [6, 6.07) is 0.809. The van der Waals surface area contributed by atoms with E-state index in [-0.39, 0.29) is 0 Å². The van der Waals surface area contributed by atoms with Gasteiger partial charge in [0.25, 0.3) is 0 Å². The van der Waals surface area contributed by atoms with Gasteiger partial charge in [-0.25, -0.2) is 0 Å². The number of rotatable bonds is 1. The van der Waals surface area contributed by atoms with Crippen molar-refractivity contribution in [2.45, 2.75) is 18.9 Å². The van der Waals surface area contributed by atoms with Crippen LogP contribution in [0.2, 0.25) is 0 Å². The van der Waals surface area contributed by atoms with Crippen LogP contribution in [0.25, 0.3) is 0 Å². The first-order valence-electron chi connectivity index (χ1n) is 4.81. The average Bonchev–Trinajstić information content (AvgIpc) is 2.03. The van der Waals surface area contributed by atoms with Crippen LogP contribution >= 0.6 is 0 Å². The molecule has 0 spiro atoms. The van der Waals surface area contributed by atoms with E-state index in [1.807, 2.05) is 0 Å². The van der Waals surface area contributed by atoms with Crippen molar-refractivity contribution in [1.29, 1.82) is 0 Å². The van der Waals surface area contributed by atoms with Crippen molar-refractivity contribution in [2.75, 3.05) is 26.2 Å². The molecule has 0 radical (unpaired) electrons. The van der Waals surface area contributed by atoms with E-state index in [0.29, 0.717) is 5.92 Å². The zero-order valence-corrected chi connectivity index (χ0v) is 7.42. The first kappa shape index (κ1) is 8.10. The maximum atomic E-state index is 5.39. The number of hydrogen-bond donors (Lipinski definition) is 1. The molecule has 0 bridgehead atoms. The van der Waals surface area contributed by atoms with E-state index in [9.17, 15) is 0 Å². The number of terminal acetylenes is 1. The average molecular weight is 164 g/mol. The Labute approximate surface area is 74.3 Å². The van der Waals surface area contributed by atoms with E-state index in [4.69, 9.17) is 6.42 Å². The van der Waals surface area contributed by atoms with Crippen molar-refractivity contribution in [3.8, 4) is 12.3 Å². The smallest absolute Gasteiger partial charge is 0.0345 e. The normalized spacial score (nSPS) is 27.9. The molecule has 2 fully saturated rings. The highest BCUT2D eigenvalue weighted by Crippen LogP contribution is 2.19. The van der Waals surface area contributed by atoms with Gasteiger partial charge in [-0.3, -0.25) is 4.90 Å². The number of hydrogen-bond acceptors (Lipinski definition) is 2. The Morgan fingerprint density at radius 3 is 2.33 bits per heavy atom. The van der Waals surface area contributed by atoms with Gasteiger partial charge in [0.15, 0.2) is 0 Å². The highest BCUT2D eigenvalue weighted by Gasteiger charge is 2.27. The van der Waals surface area contributed by atoms with Gasteiger partial charge in [-0.1, -0.05) is 0 Å². The summed E-state index contributed by atoms with van der Waals surface area (Å²) in [6.45, 7) is 4.78. The maximum absolute atomic E-state index is 5.39. The second kappa shape index (κ2) is 3.47. The molecule has 2 saturated heterocycles. The van der Waals surface area contributed by atoms with Crippen molar-refractivity contribution in [3.05, 3.63) is 0 Å². The van der Waals surface area contributed by atoms with Crippen LogP contribution in [-0.2, 0) is 0 Å². The zero-order chi connectivity index (χ0) is 8.39. The highest BCUT2D eigenvalue weighted by atomic mass is 15.2. The van der Waals surface area contributed by atoms with Crippen LogP contribution in [-0.4, -0.2) is 37.1 Å². The Morgan fingerprint density at radius 1 is 1.25 bits per heavy atom. The fraction of sp³-hybridized carbons (Fsp3) is 0.800. The van der Waals surface area contributed by atoms with Crippen LogP contribution in [0.15, 0.2) is 0 Å². The van der Waals surface area contributed by atoms with Crippen LogP contribution in [0.4, 0.5) is 0 Å². The summed E-state index contributed by atoms with van der Waals surface area (Å²) >= 11 is 0. The largest absolute Gasteiger partial charge is 0.314 e. The minimum absolute atomic E-state index is 0.550. The maximum Gasteiger partial charge on any atom is 0.0345 e. The molecule has 2 rings (SSSR count). The van der Waals surface area contributed by atoms with Crippen LogP contribution in [0, 0.1) is 18.3 Å². The molecule has 2 heteroatoms. The molecule has 0 saturated carbocycles. The predicted octanol–water partition coefficient (Wildman–Crippen LogP) is 0.303. The summed E-state index contributed by atoms with van der Waals surface area (Å²) < 4.78 is 0. The van der Waals surface area contributed by atoms with Crippen molar-refractivity contribution in [1.82, 2.24) is 10.2 Å². The third-order valence-corrected chi connectivity index (χ3v) is 3.04. The van der Waals surface area contributed by atoms with Crippen LogP contribution in [0.5, 0.6) is 0 Å². The Hall–Kier alpha value is -0.520. The van der Waals surface area contributed by atoms with Gasteiger partial charge in [0.05, 0.1) is 0 Å². The molecule has 12 heavy (non-hydrogen) atoms. The quantitative estimate of drug-likeness (QED) is 0.561. The lowest BCUT2D eigenvalue weighted by Gasteiger charge is -2.41. The van der Waals surface area contributed by atoms with Crippen molar-refractivity contribution >= 4 is 0 Å². The standard InChI is InChI=1S/C10H16N2/c1-2-9-3-5-12(6-4-9)10-7-11-8-10/h1,9-11H,3-8H2. The Morgan fingerprint density at radius 2 is 1.92 bits per heavy atom. The van der Waals surface area contributed by atoms with Crippen molar-refractivity contribution < 1.29 is 0 Å². The van der Waals surface area contributed by atoms with Gasteiger partial charge in [0, 0.05) is 25.0 Å². The molecule has 0 aromatic carbocycles. The van der Waals surface area contributed by atoms with Crippen LogP contribution < -0.4 is 5.32 Å². The van der Waals surface area contributed by atoms with Crippen LogP contribution in [0.3, 0.4) is 0 Å². The fourth-order valence-corrected chi connectivity index (χ4v) is 1.96. The molecule has 2 nitrogen and oxygen atoms in total. The number of nitrogens with one attached hydrogen (secondary N) is 1. The van der Waals surface area contributed by atoms with E-state index in [0.717, 1.165) is 6.04 Å². The van der Waals surface area contributed by atoms with Crippen molar-refractivity contribution in [3.63, 3.8) is 0 Å². The molecule has 1 N–H and O–H groups in total. The van der Waals surface area contributed by atoms with Gasteiger partial charge in [-0.05, 0) is 25.9 Å².